The summed E-state index contributed by atoms with van der Waals surface area (Å²) in [6.07, 6.45) is 0. The van der Waals surface area contributed by atoms with Crippen molar-refractivity contribution in [3.8, 4) is 0 Å². The maximum Gasteiger partial charge on any atom is 0 e. The monoisotopic (exact) mass is 292 g/mol. The van der Waals surface area contributed by atoms with Crippen molar-refractivity contribution in [2.75, 3.05) is 0 Å². The zero-order chi connectivity index (χ0) is 13.4. The van der Waals surface area contributed by atoms with E-state index in [9.17, 15) is 0 Å². The molecule has 0 N–H and O–H groups in total. The van der Waals surface area contributed by atoms with Crippen molar-refractivity contribution >= 4 is 0 Å². The molecule has 0 nitrogen and oxygen atoms in total. The largest absolute Gasteiger partial charge is 0.0622 e. The molecule has 2 aromatic rings. The molecule has 0 spiro atoms. The molecular weight excluding hydrogens is 268 g/mol. The summed E-state index contributed by atoms with van der Waals surface area (Å²) in [4.78, 5) is 0. The number of benzene rings is 2. The van der Waals surface area contributed by atoms with Crippen molar-refractivity contribution in [1.82, 2.24) is 0 Å². The van der Waals surface area contributed by atoms with Gasteiger partial charge in [-0.3, -0.25) is 0 Å². The molecule has 0 heterocycles. The van der Waals surface area contributed by atoms with Crippen LogP contribution < -0.4 is 0 Å². The van der Waals surface area contributed by atoms with Gasteiger partial charge < -0.3 is 0 Å². The predicted molar refractivity (Wildman–Crippen MR) is 81.1 cm³/mol. The van der Waals surface area contributed by atoms with Crippen LogP contribution in [0.4, 0.5) is 0 Å². The van der Waals surface area contributed by atoms with E-state index in [-0.39, 0.29) is 17.4 Å². The molecule has 0 aliphatic rings. The van der Waals surface area contributed by atoms with Gasteiger partial charge in [0.2, 0.25) is 0 Å². The van der Waals surface area contributed by atoms with Crippen LogP contribution in [0, 0.1) is 0 Å². The third-order valence-electron chi connectivity index (χ3n) is 2.93. The summed E-state index contributed by atoms with van der Waals surface area (Å²) in [5.41, 5.74) is 2.83. The maximum absolute atomic E-state index is 2.20. The molecule has 0 saturated heterocycles. The Bertz CT molecular complexity index is 374. The van der Waals surface area contributed by atoms with Crippen LogP contribution >= 0.6 is 0 Å². The Hall–Kier alpha value is -1.03. The molecule has 0 atom stereocenters. The summed E-state index contributed by atoms with van der Waals surface area (Å²) < 4.78 is 0. The molecule has 0 aromatic heterocycles. The molecule has 0 radical (unpaired) electrons. The summed E-state index contributed by atoms with van der Waals surface area (Å²) in [5, 5.41) is 0. The molecule has 2 aromatic carbocycles. The molecule has 102 valence electrons. The summed E-state index contributed by atoms with van der Waals surface area (Å²) in [6.45, 7) is 8.81. The molecule has 2 rings (SSSR count). The van der Waals surface area contributed by atoms with Crippen molar-refractivity contribution in [3.63, 3.8) is 0 Å². The van der Waals surface area contributed by atoms with E-state index in [4.69, 9.17) is 0 Å². The minimum absolute atomic E-state index is 0. The zero-order valence-corrected chi connectivity index (χ0v) is 13.6. The normalized spacial score (nSPS) is 9.58. The van der Waals surface area contributed by atoms with Crippen LogP contribution in [0.15, 0.2) is 60.7 Å². The van der Waals surface area contributed by atoms with Crippen LogP contribution in [0.25, 0.3) is 0 Å². The van der Waals surface area contributed by atoms with Gasteiger partial charge in [-0.2, -0.15) is 0 Å². The minimum atomic E-state index is 0. The van der Waals surface area contributed by atoms with E-state index in [2.05, 4.69) is 76.2 Å². The molecule has 1 heteroatoms. The topological polar surface area (TPSA) is 0 Å². The first-order chi connectivity index (χ1) is 8.61. The first-order valence-corrected chi connectivity index (χ1v) is 6.71. The molecule has 0 bridgehead atoms. The number of rotatable bonds is 2. The van der Waals surface area contributed by atoms with E-state index in [1.165, 1.54) is 11.1 Å². The van der Waals surface area contributed by atoms with Crippen LogP contribution in [-0.4, -0.2) is 0 Å². The Morgan fingerprint density at radius 1 is 0.526 bits per heavy atom. The fraction of sp³-hybridized carbons (Fsp3) is 0.333. The van der Waals surface area contributed by atoms with Crippen LogP contribution in [0.2, 0.25) is 0 Å². The van der Waals surface area contributed by atoms with E-state index in [0.29, 0.717) is 11.8 Å². The first-order valence-electron chi connectivity index (χ1n) is 6.71. The second kappa shape index (κ2) is 9.84. The minimum Gasteiger partial charge on any atom is -0.0622 e. The van der Waals surface area contributed by atoms with Gasteiger partial charge in [0.25, 0.3) is 0 Å². The van der Waals surface area contributed by atoms with Crippen LogP contribution in [-0.2, 0) is 17.4 Å². The van der Waals surface area contributed by atoms with E-state index < -0.39 is 0 Å². The van der Waals surface area contributed by atoms with E-state index in [1.54, 1.807) is 0 Å². The average molecular weight is 292 g/mol. The van der Waals surface area contributed by atoms with Crippen molar-refractivity contribution in [2.45, 2.75) is 39.5 Å². The summed E-state index contributed by atoms with van der Waals surface area (Å²) in [5.74, 6) is 1.32. The Labute approximate surface area is 129 Å². The molecule has 19 heavy (non-hydrogen) atoms. The van der Waals surface area contributed by atoms with Gasteiger partial charge in [0.1, 0.15) is 0 Å². The second-order valence-electron chi connectivity index (χ2n) is 5.13. The quantitative estimate of drug-likeness (QED) is 0.674. The second-order valence-corrected chi connectivity index (χ2v) is 5.13. The fourth-order valence-corrected chi connectivity index (χ4v) is 1.68. The summed E-state index contributed by atoms with van der Waals surface area (Å²) >= 11 is 0. The molecule has 0 unspecified atom stereocenters. The van der Waals surface area contributed by atoms with E-state index in [1.807, 2.05) is 12.1 Å². The Morgan fingerprint density at radius 3 is 0.947 bits per heavy atom. The van der Waals surface area contributed by atoms with Crippen LogP contribution in [0.3, 0.4) is 0 Å². The SMILES string of the molecule is CC(C)c1ccccc1.CC(C)c1ccccc1.[Cr]. The maximum atomic E-state index is 2.20. The summed E-state index contributed by atoms with van der Waals surface area (Å²) in [7, 11) is 0. The van der Waals surface area contributed by atoms with E-state index in [0.717, 1.165) is 0 Å². The molecule has 0 aliphatic heterocycles. The standard InChI is InChI=1S/2C9H12.Cr/c2*1-8(2)9-6-4-3-5-7-9;/h2*3-8H,1-2H3;. The molecule has 0 saturated carbocycles. The third kappa shape index (κ3) is 7.21. The number of hydrogen-bond donors (Lipinski definition) is 0. The molecule has 0 amide bonds. The smallest absolute Gasteiger partial charge is 0 e. The third-order valence-corrected chi connectivity index (χ3v) is 2.93. The zero-order valence-electron chi connectivity index (χ0n) is 12.3. The van der Waals surface area contributed by atoms with Gasteiger partial charge in [-0.25, -0.2) is 0 Å². The summed E-state index contributed by atoms with van der Waals surface area (Å²) in [6, 6.07) is 21.0. The van der Waals surface area contributed by atoms with Crippen LogP contribution in [0.5, 0.6) is 0 Å². The van der Waals surface area contributed by atoms with Crippen molar-refractivity contribution in [2.24, 2.45) is 0 Å². The molecule has 0 fully saturated rings. The van der Waals surface area contributed by atoms with Crippen molar-refractivity contribution in [3.05, 3.63) is 71.8 Å². The first kappa shape index (κ1) is 18.0. The van der Waals surface area contributed by atoms with Gasteiger partial charge in [0.05, 0.1) is 0 Å². The average Bonchev–Trinajstić information content (AvgIpc) is 2.41. The van der Waals surface area contributed by atoms with Gasteiger partial charge in [-0.05, 0) is 23.0 Å². The predicted octanol–water partition coefficient (Wildman–Crippen LogP) is 5.62. The van der Waals surface area contributed by atoms with Gasteiger partial charge in [-0.1, -0.05) is 88.4 Å². The molecular formula is C18H24Cr. The molecule has 0 aliphatic carbocycles. The fourth-order valence-electron chi connectivity index (χ4n) is 1.68. The Morgan fingerprint density at radius 2 is 0.789 bits per heavy atom. The van der Waals surface area contributed by atoms with Gasteiger partial charge in [0, 0.05) is 17.4 Å². The van der Waals surface area contributed by atoms with Crippen LogP contribution in [0.1, 0.15) is 50.7 Å². The van der Waals surface area contributed by atoms with Crippen molar-refractivity contribution in [1.29, 1.82) is 0 Å². The van der Waals surface area contributed by atoms with Gasteiger partial charge in [0.15, 0.2) is 0 Å². The van der Waals surface area contributed by atoms with E-state index >= 15 is 0 Å². The number of hydrogen-bond acceptors (Lipinski definition) is 0. The Balaban J connectivity index is 0.000000324. The van der Waals surface area contributed by atoms with Crippen molar-refractivity contribution < 1.29 is 17.4 Å². The Kier molecular flexibility index (Phi) is 9.31. The van der Waals surface area contributed by atoms with Gasteiger partial charge in [-0.15, -0.1) is 0 Å². The van der Waals surface area contributed by atoms with Gasteiger partial charge >= 0.3 is 0 Å².